The van der Waals surface area contributed by atoms with Crippen LogP contribution in [-0.2, 0) is 14.6 Å². The van der Waals surface area contributed by atoms with Crippen molar-refractivity contribution in [2.75, 3.05) is 19.9 Å². The number of benzene rings is 1. The van der Waals surface area contributed by atoms with Crippen molar-refractivity contribution in [1.29, 1.82) is 0 Å². The largest absolute Gasteiger partial charge is 0.494 e. The Balaban J connectivity index is 2.48. The van der Waals surface area contributed by atoms with Crippen LogP contribution in [0.2, 0.25) is 0 Å². The molecular formula is C14H21NO5S. The zero-order chi connectivity index (χ0) is 16.1. The first-order valence-electron chi connectivity index (χ1n) is 6.54. The van der Waals surface area contributed by atoms with Crippen molar-refractivity contribution in [3.8, 4) is 5.75 Å². The average Bonchev–Trinajstić information content (AvgIpc) is 2.42. The van der Waals surface area contributed by atoms with Gasteiger partial charge in [-0.05, 0) is 51.1 Å². The van der Waals surface area contributed by atoms with Gasteiger partial charge in [0.2, 0.25) is 0 Å². The molecule has 0 aliphatic carbocycles. The van der Waals surface area contributed by atoms with Gasteiger partial charge in [-0.3, -0.25) is 4.79 Å². The van der Waals surface area contributed by atoms with Gasteiger partial charge in [-0.15, -0.1) is 0 Å². The predicted octanol–water partition coefficient (Wildman–Crippen LogP) is 1.31. The third-order valence-electron chi connectivity index (χ3n) is 3.37. The minimum atomic E-state index is -3.21. The van der Waals surface area contributed by atoms with Gasteiger partial charge in [-0.25, -0.2) is 8.42 Å². The maximum absolute atomic E-state index is 11.3. The summed E-state index contributed by atoms with van der Waals surface area (Å²) in [6.07, 6.45) is 2.14. The summed E-state index contributed by atoms with van der Waals surface area (Å²) in [4.78, 5) is 11.3. The van der Waals surface area contributed by atoms with Gasteiger partial charge in [0, 0.05) is 6.26 Å². The number of carboxylic acids is 1. The van der Waals surface area contributed by atoms with Gasteiger partial charge in [-0.1, -0.05) is 0 Å². The number of rotatable bonds is 8. The highest BCUT2D eigenvalue weighted by Gasteiger charge is 2.30. The van der Waals surface area contributed by atoms with Gasteiger partial charge in [-0.2, -0.15) is 0 Å². The molecule has 1 rings (SSSR count). The molecule has 0 bridgehead atoms. The first-order chi connectivity index (χ1) is 9.69. The van der Waals surface area contributed by atoms with Crippen molar-refractivity contribution in [3.63, 3.8) is 0 Å². The minimum absolute atomic E-state index is 0.239. The number of likely N-dealkylation sites (N-methyl/N-ethyl adjacent to an activating group) is 1. The fraction of sp³-hybridized carbons (Fsp3) is 0.500. The summed E-state index contributed by atoms with van der Waals surface area (Å²) in [5, 5.41) is 11.9. The summed E-state index contributed by atoms with van der Waals surface area (Å²) in [6, 6.07) is 6.15. The van der Waals surface area contributed by atoms with Gasteiger partial charge in [0.15, 0.2) is 9.84 Å². The summed E-state index contributed by atoms with van der Waals surface area (Å²) in [6.45, 7) is 1.99. The molecular weight excluding hydrogens is 294 g/mol. The molecule has 1 aromatic carbocycles. The molecule has 6 nitrogen and oxygen atoms in total. The van der Waals surface area contributed by atoms with Crippen molar-refractivity contribution in [2.45, 2.75) is 30.2 Å². The van der Waals surface area contributed by atoms with Crippen LogP contribution in [0.3, 0.4) is 0 Å². The second-order valence-corrected chi connectivity index (χ2v) is 7.10. The standard InChI is InChI=1S/C14H21NO5S/c1-14(15-2,13(16)17)9-4-10-20-11-5-7-12(8-6-11)21(3,18)19/h5-8,15H,4,9-10H2,1-3H3,(H,16,17). The number of sulfone groups is 1. The topological polar surface area (TPSA) is 92.7 Å². The van der Waals surface area contributed by atoms with Crippen molar-refractivity contribution in [1.82, 2.24) is 5.32 Å². The van der Waals surface area contributed by atoms with E-state index in [2.05, 4.69) is 5.32 Å². The fourth-order valence-corrected chi connectivity index (χ4v) is 2.37. The molecule has 0 radical (unpaired) electrons. The van der Waals surface area contributed by atoms with Gasteiger partial charge < -0.3 is 15.2 Å². The summed E-state index contributed by atoms with van der Waals surface area (Å²) >= 11 is 0. The van der Waals surface area contributed by atoms with Gasteiger partial charge in [0.05, 0.1) is 11.5 Å². The van der Waals surface area contributed by atoms with Crippen molar-refractivity contribution >= 4 is 15.8 Å². The molecule has 118 valence electrons. The Kier molecular flexibility index (Phi) is 5.74. The smallest absolute Gasteiger partial charge is 0.323 e. The van der Waals surface area contributed by atoms with Crippen LogP contribution in [0.5, 0.6) is 5.75 Å². The van der Waals surface area contributed by atoms with Crippen LogP contribution >= 0.6 is 0 Å². The molecule has 1 aromatic rings. The molecule has 1 atom stereocenters. The van der Waals surface area contributed by atoms with E-state index in [0.29, 0.717) is 25.2 Å². The van der Waals surface area contributed by atoms with Crippen LogP contribution in [0.15, 0.2) is 29.2 Å². The van der Waals surface area contributed by atoms with Crippen LogP contribution in [0.1, 0.15) is 19.8 Å². The van der Waals surface area contributed by atoms with Crippen LogP contribution in [0.25, 0.3) is 0 Å². The highest BCUT2D eigenvalue weighted by molar-refractivity contribution is 7.90. The van der Waals surface area contributed by atoms with E-state index in [0.717, 1.165) is 6.26 Å². The zero-order valence-electron chi connectivity index (χ0n) is 12.4. The molecule has 21 heavy (non-hydrogen) atoms. The molecule has 0 aliphatic rings. The summed E-state index contributed by atoms with van der Waals surface area (Å²) in [7, 11) is -1.60. The highest BCUT2D eigenvalue weighted by Crippen LogP contribution is 2.17. The van der Waals surface area contributed by atoms with Crippen molar-refractivity contribution < 1.29 is 23.1 Å². The highest BCUT2D eigenvalue weighted by atomic mass is 32.2. The lowest BCUT2D eigenvalue weighted by atomic mass is 9.96. The van der Waals surface area contributed by atoms with Gasteiger partial charge >= 0.3 is 5.97 Å². The molecule has 0 heterocycles. The van der Waals surface area contributed by atoms with Crippen LogP contribution in [-0.4, -0.2) is 44.9 Å². The Morgan fingerprint density at radius 3 is 2.33 bits per heavy atom. The Bertz CT molecular complexity index is 582. The number of carboxylic acid groups (broad SMARTS) is 1. The third-order valence-corrected chi connectivity index (χ3v) is 4.49. The molecule has 0 aliphatic heterocycles. The minimum Gasteiger partial charge on any atom is -0.494 e. The molecule has 2 N–H and O–H groups in total. The van der Waals surface area contributed by atoms with E-state index in [9.17, 15) is 13.2 Å². The van der Waals surface area contributed by atoms with Gasteiger partial charge in [0.25, 0.3) is 0 Å². The number of ether oxygens (including phenoxy) is 1. The van der Waals surface area contributed by atoms with E-state index in [1.165, 1.54) is 12.1 Å². The number of aliphatic carboxylic acids is 1. The molecule has 7 heteroatoms. The Morgan fingerprint density at radius 1 is 1.33 bits per heavy atom. The molecule has 0 fully saturated rings. The van der Waals surface area contributed by atoms with Gasteiger partial charge in [0.1, 0.15) is 11.3 Å². The molecule has 0 spiro atoms. The number of nitrogens with one attached hydrogen (secondary N) is 1. The first kappa shape index (κ1) is 17.5. The third kappa shape index (κ3) is 5.02. The zero-order valence-corrected chi connectivity index (χ0v) is 13.2. The van der Waals surface area contributed by atoms with E-state index in [-0.39, 0.29) is 4.90 Å². The van der Waals surface area contributed by atoms with Crippen LogP contribution in [0, 0.1) is 0 Å². The molecule has 0 amide bonds. The maximum atomic E-state index is 11.3. The summed E-state index contributed by atoms with van der Waals surface area (Å²) < 4.78 is 28.1. The molecule has 0 aromatic heterocycles. The van der Waals surface area contributed by atoms with E-state index in [1.807, 2.05) is 0 Å². The molecule has 0 saturated carbocycles. The monoisotopic (exact) mass is 315 g/mol. The number of hydrogen-bond acceptors (Lipinski definition) is 5. The Labute approximate surface area is 125 Å². The van der Waals surface area contributed by atoms with E-state index in [4.69, 9.17) is 9.84 Å². The normalized spacial score (nSPS) is 14.4. The summed E-state index contributed by atoms with van der Waals surface area (Å²) in [5.41, 5.74) is -0.969. The van der Waals surface area contributed by atoms with E-state index < -0.39 is 21.3 Å². The molecule has 0 saturated heterocycles. The average molecular weight is 315 g/mol. The SMILES string of the molecule is CNC(C)(CCCOc1ccc(S(C)(=O)=O)cc1)C(=O)O. The van der Waals surface area contributed by atoms with E-state index >= 15 is 0 Å². The second-order valence-electron chi connectivity index (χ2n) is 5.08. The fourth-order valence-electron chi connectivity index (χ4n) is 1.74. The maximum Gasteiger partial charge on any atom is 0.323 e. The first-order valence-corrected chi connectivity index (χ1v) is 8.43. The second kappa shape index (κ2) is 6.91. The predicted molar refractivity (Wildman–Crippen MR) is 79.4 cm³/mol. The lowest BCUT2D eigenvalue weighted by Gasteiger charge is -2.23. The number of carbonyl (C=O) groups is 1. The quantitative estimate of drug-likeness (QED) is 0.703. The van der Waals surface area contributed by atoms with E-state index in [1.54, 1.807) is 26.1 Å². The van der Waals surface area contributed by atoms with Crippen LogP contribution in [0.4, 0.5) is 0 Å². The molecule has 1 unspecified atom stereocenters. The lowest BCUT2D eigenvalue weighted by molar-refractivity contribution is -0.144. The summed E-state index contributed by atoms with van der Waals surface area (Å²) in [5.74, 6) is -0.341. The Hall–Kier alpha value is -1.60. The lowest BCUT2D eigenvalue weighted by Crippen LogP contribution is -2.47. The van der Waals surface area contributed by atoms with Crippen molar-refractivity contribution in [2.24, 2.45) is 0 Å². The van der Waals surface area contributed by atoms with Crippen molar-refractivity contribution in [3.05, 3.63) is 24.3 Å². The van der Waals surface area contributed by atoms with Crippen LogP contribution < -0.4 is 10.1 Å². The Morgan fingerprint density at radius 2 is 1.90 bits per heavy atom. The number of hydrogen-bond donors (Lipinski definition) is 2.